The van der Waals surface area contributed by atoms with Crippen molar-refractivity contribution in [2.24, 2.45) is 5.73 Å². The van der Waals surface area contributed by atoms with Crippen LogP contribution in [0.1, 0.15) is 24.7 Å². The van der Waals surface area contributed by atoms with Gasteiger partial charge < -0.3 is 10.3 Å². The topological polar surface area (TPSA) is 43.8 Å². The van der Waals surface area contributed by atoms with E-state index in [0.717, 1.165) is 18.3 Å². The number of benzene rings is 1. The second kappa shape index (κ2) is 5.93. The van der Waals surface area contributed by atoms with Crippen LogP contribution in [0.4, 0.5) is 8.78 Å². The molecule has 1 aromatic heterocycles. The van der Waals surface area contributed by atoms with Crippen molar-refractivity contribution in [3.8, 4) is 0 Å². The van der Waals surface area contributed by atoms with E-state index >= 15 is 0 Å². The van der Waals surface area contributed by atoms with Crippen LogP contribution in [0.15, 0.2) is 30.6 Å². The summed E-state index contributed by atoms with van der Waals surface area (Å²) >= 11 is 0. The van der Waals surface area contributed by atoms with Crippen LogP contribution in [0, 0.1) is 11.6 Å². The van der Waals surface area contributed by atoms with Gasteiger partial charge in [-0.3, -0.25) is 0 Å². The lowest BCUT2D eigenvalue weighted by molar-refractivity contribution is 0.571. The molecule has 0 amide bonds. The SMILES string of the molecule is CCC(N)Cc1nccn1Cc1cc(F)cc(F)c1. The largest absolute Gasteiger partial charge is 0.330 e. The van der Waals surface area contributed by atoms with E-state index in [2.05, 4.69) is 4.98 Å². The molecule has 102 valence electrons. The van der Waals surface area contributed by atoms with Crippen LogP contribution in [-0.4, -0.2) is 15.6 Å². The molecule has 2 rings (SSSR count). The van der Waals surface area contributed by atoms with E-state index < -0.39 is 11.6 Å². The van der Waals surface area contributed by atoms with Crippen LogP contribution in [0.3, 0.4) is 0 Å². The summed E-state index contributed by atoms with van der Waals surface area (Å²) < 4.78 is 28.1. The van der Waals surface area contributed by atoms with Gasteiger partial charge in [0, 0.05) is 37.5 Å². The van der Waals surface area contributed by atoms with E-state index in [1.807, 2.05) is 11.5 Å². The molecule has 0 aliphatic rings. The van der Waals surface area contributed by atoms with E-state index in [-0.39, 0.29) is 6.04 Å². The predicted molar refractivity (Wildman–Crippen MR) is 69.7 cm³/mol. The van der Waals surface area contributed by atoms with Gasteiger partial charge in [0.15, 0.2) is 0 Å². The molecule has 2 aromatic rings. The average Bonchev–Trinajstić information content (AvgIpc) is 2.75. The summed E-state index contributed by atoms with van der Waals surface area (Å²) in [6.07, 6.45) is 4.98. The van der Waals surface area contributed by atoms with Crippen LogP contribution >= 0.6 is 0 Å². The van der Waals surface area contributed by atoms with Crippen molar-refractivity contribution >= 4 is 0 Å². The summed E-state index contributed by atoms with van der Waals surface area (Å²) in [4.78, 5) is 4.24. The second-order valence-electron chi connectivity index (χ2n) is 4.62. The smallest absolute Gasteiger partial charge is 0.126 e. The maximum atomic E-state index is 13.1. The monoisotopic (exact) mass is 265 g/mol. The molecule has 0 fully saturated rings. The zero-order chi connectivity index (χ0) is 13.8. The van der Waals surface area contributed by atoms with Crippen molar-refractivity contribution in [1.29, 1.82) is 0 Å². The van der Waals surface area contributed by atoms with Gasteiger partial charge in [0.05, 0.1) is 0 Å². The van der Waals surface area contributed by atoms with Gasteiger partial charge in [-0.05, 0) is 24.1 Å². The van der Waals surface area contributed by atoms with Crippen LogP contribution in [-0.2, 0) is 13.0 Å². The highest BCUT2D eigenvalue weighted by Gasteiger charge is 2.09. The minimum absolute atomic E-state index is 0.0467. The number of nitrogens with zero attached hydrogens (tertiary/aromatic N) is 2. The second-order valence-corrected chi connectivity index (χ2v) is 4.62. The minimum Gasteiger partial charge on any atom is -0.330 e. The van der Waals surface area contributed by atoms with E-state index in [1.54, 1.807) is 12.4 Å². The predicted octanol–water partition coefficient (Wildman–Crippen LogP) is 2.49. The zero-order valence-corrected chi connectivity index (χ0v) is 10.8. The van der Waals surface area contributed by atoms with Gasteiger partial charge in [-0.2, -0.15) is 0 Å². The highest BCUT2D eigenvalue weighted by atomic mass is 19.1. The van der Waals surface area contributed by atoms with E-state index in [9.17, 15) is 8.78 Å². The number of aromatic nitrogens is 2. The number of halogens is 2. The molecule has 0 bridgehead atoms. The third kappa shape index (κ3) is 3.61. The summed E-state index contributed by atoms with van der Waals surface area (Å²) in [6.45, 7) is 2.40. The molecule has 1 atom stereocenters. The quantitative estimate of drug-likeness (QED) is 0.902. The molecule has 2 N–H and O–H groups in total. The first-order chi connectivity index (χ1) is 9.08. The lowest BCUT2D eigenvalue weighted by Gasteiger charge is -2.11. The van der Waals surface area contributed by atoms with Crippen LogP contribution in [0.5, 0.6) is 0 Å². The first-order valence-electron chi connectivity index (χ1n) is 6.29. The molecule has 0 saturated carbocycles. The van der Waals surface area contributed by atoms with Gasteiger partial charge in [0.25, 0.3) is 0 Å². The van der Waals surface area contributed by atoms with Crippen molar-refractivity contribution in [2.45, 2.75) is 32.4 Å². The number of imidazole rings is 1. The van der Waals surface area contributed by atoms with Gasteiger partial charge in [-0.1, -0.05) is 6.92 Å². The van der Waals surface area contributed by atoms with Crippen LogP contribution in [0.25, 0.3) is 0 Å². The van der Waals surface area contributed by atoms with Crippen LogP contribution < -0.4 is 5.73 Å². The third-order valence-corrected chi connectivity index (χ3v) is 3.05. The normalized spacial score (nSPS) is 12.6. The Morgan fingerprint density at radius 1 is 1.26 bits per heavy atom. The van der Waals surface area contributed by atoms with E-state index in [1.165, 1.54) is 12.1 Å². The standard InChI is InChI=1S/C14H17F2N3/c1-2-13(17)8-14-18-3-4-19(14)9-10-5-11(15)7-12(16)6-10/h3-7,13H,2,8-9,17H2,1H3. The molecular formula is C14H17F2N3. The lowest BCUT2D eigenvalue weighted by Crippen LogP contribution is -2.23. The fraction of sp³-hybridized carbons (Fsp3) is 0.357. The van der Waals surface area contributed by atoms with Gasteiger partial charge in [-0.15, -0.1) is 0 Å². The molecule has 0 spiro atoms. The number of hydrogen-bond donors (Lipinski definition) is 1. The Labute approximate surface area is 111 Å². The van der Waals surface area contributed by atoms with Crippen molar-refractivity contribution in [2.75, 3.05) is 0 Å². The minimum atomic E-state index is -0.568. The number of nitrogens with two attached hydrogens (primary N) is 1. The summed E-state index contributed by atoms with van der Waals surface area (Å²) in [5, 5.41) is 0. The first-order valence-corrected chi connectivity index (χ1v) is 6.29. The molecule has 0 aliphatic carbocycles. The molecule has 1 unspecified atom stereocenters. The Bertz CT molecular complexity index is 531. The highest BCUT2D eigenvalue weighted by Crippen LogP contribution is 2.11. The summed E-state index contributed by atoms with van der Waals surface area (Å²) in [5.41, 5.74) is 6.47. The first kappa shape index (κ1) is 13.7. The molecule has 5 heteroatoms. The summed E-state index contributed by atoms with van der Waals surface area (Å²) in [6, 6.07) is 3.57. The van der Waals surface area contributed by atoms with E-state index in [4.69, 9.17) is 5.73 Å². The molecule has 19 heavy (non-hydrogen) atoms. The molecule has 1 aromatic carbocycles. The van der Waals surface area contributed by atoms with Gasteiger partial charge in [0.1, 0.15) is 17.5 Å². The van der Waals surface area contributed by atoms with Crippen molar-refractivity contribution in [3.05, 3.63) is 53.6 Å². The summed E-state index contributed by atoms with van der Waals surface area (Å²) in [5.74, 6) is -0.303. The van der Waals surface area contributed by atoms with Gasteiger partial charge in [0.2, 0.25) is 0 Å². The Kier molecular flexibility index (Phi) is 4.27. The maximum Gasteiger partial charge on any atom is 0.126 e. The maximum absolute atomic E-state index is 13.1. The van der Waals surface area contributed by atoms with Crippen molar-refractivity contribution in [1.82, 2.24) is 9.55 Å². The van der Waals surface area contributed by atoms with Crippen molar-refractivity contribution < 1.29 is 8.78 Å². The average molecular weight is 265 g/mol. The van der Waals surface area contributed by atoms with E-state index in [0.29, 0.717) is 18.5 Å². The Morgan fingerprint density at radius 3 is 2.58 bits per heavy atom. The van der Waals surface area contributed by atoms with Gasteiger partial charge in [-0.25, -0.2) is 13.8 Å². The fourth-order valence-corrected chi connectivity index (χ4v) is 1.95. The fourth-order valence-electron chi connectivity index (χ4n) is 1.95. The Hall–Kier alpha value is -1.75. The lowest BCUT2D eigenvalue weighted by atomic mass is 10.1. The third-order valence-electron chi connectivity index (χ3n) is 3.05. The molecule has 0 aliphatic heterocycles. The number of rotatable bonds is 5. The molecular weight excluding hydrogens is 248 g/mol. The summed E-state index contributed by atoms with van der Waals surface area (Å²) in [7, 11) is 0. The van der Waals surface area contributed by atoms with Crippen molar-refractivity contribution in [3.63, 3.8) is 0 Å². The Balaban J connectivity index is 2.17. The molecule has 3 nitrogen and oxygen atoms in total. The zero-order valence-electron chi connectivity index (χ0n) is 10.8. The van der Waals surface area contributed by atoms with Gasteiger partial charge >= 0.3 is 0 Å². The van der Waals surface area contributed by atoms with Crippen LogP contribution in [0.2, 0.25) is 0 Å². The highest BCUT2D eigenvalue weighted by molar-refractivity contribution is 5.18. The molecule has 0 saturated heterocycles. The molecule has 0 radical (unpaired) electrons. The number of hydrogen-bond acceptors (Lipinski definition) is 2. The molecule has 1 heterocycles. The Morgan fingerprint density at radius 2 is 1.95 bits per heavy atom.